The molecule has 74 valence electrons. The van der Waals surface area contributed by atoms with Crippen LogP contribution in [0.5, 0.6) is 0 Å². The lowest BCUT2D eigenvalue weighted by Crippen LogP contribution is -2.63. The highest BCUT2D eigenvalue weighted by molar-refractivity contribution is 6.36. The summed E-state index contributed by atoms with van der Waals surface area (Å²) in [6.07, 6.45) is 0. The maximum absolute atomic E-state index is 3.55. The first-order valence-electron chi connectivity index (χ1n) is 4.46. The molecular weight excluding hydrogens is 166 g/mol. The number of hydrogen-bond donors (Lipinski definition) is 3. The summed E-state index contributed by atoms with van der Waals surface area (Å²) < 4.78 is 0. The monoisotopic (exact) mass is 189 g/mol. The van der Waals surface area contributed by atoms with Crippen LogP contribution in [0.1, 0.15) is 27.7 Å². The zero-order chi connectivity index (χ0) is 9.83. The molecule has 0 saturated carbocycles. The largest absolute Gasteiger partial charge is 0.313 e. The second-order valence-electron chi connectivity index (χ2n) is 4.54. The smallest absolute Gasteiger partial charge is 0.113 e. The molecule has 12 heavy (non-hydrogen) atoms. The summed E-state index contributed by atoms with van der Waals surface area (Å²) in [7, 11) is 3.67. The van der Waals surface area contributed by atoms with Crippen LogP contribution >= 0.6 is 0 Å². The molecule has 0 saturated heterocycles. The number of hydrogen-bond acceptors (Lipinski definition) is 3. The van der Waals surface area contributed by atoms with Crippen LogP contribution < -0.4 is 15.6 Å². The fourth-order valence-corrected chi connectivity index (χ4v) is 1.98. The molecule has 0 bridgehead atoms. The van der Waals surface area contributed by atoms with Gasteiger partial charge in [0, 0.05) is 0 Å². The van der Waals surface area contributed by atoms with Crippen molar-refractivity contribution < 1.29 is 0 Å². The SMILES string of the molecule is CNC(C)(NC)N[SiH2]C(C)(C)C. The fourth-order valence-electron chi connectivity index (χ4n) is 0.744. The van der Waals surface area contributed by atoms with Gasteiger partial charge in [0.2, 0.25) is 0 Å². The van der Waals surface area contributed by atoms with Crippen molar-refractivity contribution >= 4 is 9.68 Å². The van der Waals surface area contributed by atoms with E-state index in [0.717, 1.165) is 0 Å². The quantitative estimate of drug-likeness (QED) is 0.430. The first kappa shape index (κ1) is 12.1. The maximum Gasteiger partial charge on any atom is 0.113 e. The topological polar surface area (TPSA) is 36.1 Å². The Bertz CT molecular complexity index is 127. The van der Waals surface area contributed by atoms with Gasteiger partial charge in [-0.25, -0.2) is 0 Å². The third-order valence-corrected chi connectivity index (χ3v) is 3.92. The van der Waals surface area contributed by atoms with E-state index in [1.807, 2.05) is 14.1 Å². The van der Waals surface area contributed by atoms with E-state index in [4.69, 9.17) is 0 Å². The minimum Gasteiger partial charge on any atom is -0.313 e. The van der Waals surface area contributed by atoms with E-state index in [1.54, 1.807) is 0 Å². The standard InChI is InChI=1S/C8H23N3Si/c1-7(2,3)12-11-8(4,9-5)10-6/h9-11H,12H2,1-6H3. The van der Waals surface area contributed by atoms with Gasteiger partial charge in [-0.2, -0.15) is 0 Å². The van der Waals surface area contributed by atoms with E-state index in [-0.39, 0.29) is 15.5 Å². The fraction of sp³-hybridized carbons (Fsp3) is 1.00. The molecular formula is C8H23N3Si. The normalized spacial score (nSPS) is 14.5. The Morgan fingerprint density at radius 1 is 0.917 bits per heavy atom. The van der Waals surface area contributed by atoms with Crippen molar-refractivity contribution in [3.05, 3.63) is 0 Å². The van der Waals surface area contributed by atoms with E-state index in [2.05, 4.69) is 43.3 Å². The Kier molecular flexibility index (Phi) is 4.40. The average Bonchev–Trinajstić information content (AvgIpc) is 1.99. The molecule has 0 aliphatic heterocycles. The predicted octanol–water partition coefficient (Wildman–Crippen LogP) is -0.00930. The van der Waals surface area contributed by atoms with Crippen LogP contribution in [0.2, 0.25) is 5.04 Å². The molecule has 0 rings (SSSR count). The molecule has 4 heteroatoms. The summed E-state index contributed by atoms with van der Waals surface area (Å²) in [5, 5.41) is 6.88. The van der Waals surface area contributed by atoms with E-state index in [9.17, 15) is 0 Å². The molecule has 0 aromatic carbocycles. The summed E-state index contributed by atoms with van der Waals surface area (Å²) in [5.41, 5.74) is 0. The zero-order valence-corrected chi connectivity index (χ0v) is 10.6. The Balaban J connectivity index is 3.89. The zero-order valence-electron chi connectivity index (χ0n) is 9.21. The molecule has 0 aliphatic carbocycles. The van der Waals surface area contributed by atoms with Gasteiger partial charge in [-0.3, -0.25) is 10.6 Å². The molecule has 0 radical (unpaired) electrons. The summed E-state index contributed by atoms with van der Waals surface area (Å²) in [6, 6.07) is 0. The summed E-state index contributed by atoms with van der Waals surface area (Å²) in [5.74, 6) is -0.0977. The molecule has 0 aromatic heterocycles. The van der Waals surface area contributed by atoms with Crippen molar-refractivity contribution in [2.24, 2.45) is 0 Å². The Morgan fingerprint density at radius 3 is 1.58 bits per heavy atom. The summed E-state index contributed by atoms with van der Waals surface area (Å²) >= 11 is 0. The Hall–Kier alpha value is 0.0969. The maximum atomic E-state index is 3.55. The molecule has 0 fully saturated rings. The van der Waals surface area contributed by atoms with E-state index < -0.39 is 0 Å². The highest BCUT2D eigenvalue weighted by atomic mass is 28.2. The van der Waals surface area contributed by atoms with Gasteiger partial charge in [-0.05, 0) is 26.1 Å². The Labute approximate surface area is 78.6 Å². The second kappa shape index (κ2) is 4.37. The van der Waals surface area contributed by atoms with Crippen LogP contribution in [-0.2, 0) is 0 Å². The lowest BCUT2D eigenvalue weighted by molar-refractivity contribution is 0.304. The molecule has 0 heterocycles. The van der Waals surface area contributed by atoms with Crippen LogP contribution in [0, 0.1) is 0 Å². The lowest BCUT2D eigenvalue weighted by atomic mass is 10.3. The van der Waals surface area contributed by atoms with E-state index in [1.165, 1.54) is 0 Å². The van der Waals surface area contributed by atoms with Crippen LogP contribution in [0.4, 0.5) is 0 Å². The van der Waals surface area contributed by atoms with Crippen molar-refractivity contribution in [1.82, 2.24) is 15.6 Å². The molecule has 0 aromatic rings. The van der Waals surface area contributed by atoms with E-state index >= 15 is 0 Å². The summed E-state index contributed by atoms with van der Waals surface area (Å²) in [6.45, 7) is 8.94. The van der Waals surface area contributed by atoms with Crippen molar-refractivity contribution in [2.75, 3.05) is 14.1 Å². The van der Waals surface area contributed by atoms with Crippen LogP contribution in [-0.4, -0.2) is 29.6 Å². The predicted molar refractivity (Wildman–Crippen MR) is 57.9 cm³/mol. The van der Waals surface area contributed by atoms with Crippen LogP contribution in [0.15, 0.2) is 0 Å². The van der Waals surface area contributed by atoms with Gasteiger partial charge >= 0.3 is 0 Å². The molecule has 0 atom stereocenters. The van der Waals surface area contributed by atoms with Gasteiger partial charge in [0.25, 0.3) is 0 Å². The molecule has 0 unspecified atom stereocenters. The molecule has 0 aliphatic rings. The molecule has 0 spiro atoms. The van der Waals surface area contributed by atoms with Crippen LogP contribution in [0.3, 0.4) is 0 Å². The van der Waals surface area contributed by atoms with Gasteiger partial charge in [0.15, 0.2) is 0 Å². The number of nitrogens with one attached hydrogen (secondary N) is 3. The van der Waals surface area contributed by atoms with E-state index in [0.29, 0.717) is 5.04 Å². The highest BCUT2D eigenvalue weighted by Crippen LogP contribution is 2.18. The average molecular weight is 189 g/mol. The molecule has 0 amide bonds. The van der Waals surface area contributed by atoms with Gasteiger partial charge in [-0.15, -0.1) is 0 Å². The number of rotatable bonds is 4. The van der Waals surface area contributed by atoms with Gasteiger partial charge in [0.1, 0.15) is 15.5 Å². The van der Waals surface area contributed by atoms with Crippen LogP contribution in [0.25, 0.3) is 0 Å². The van der Waals surface area contributed by atoms with Crippen molar-refractivity contribution in [3.63, 3.8) is 0 Å². The first-order chi connectivity index (χ1) is 5.33. The molecule has 3 N–H and O–H groups in total. The minimum atomic E-state index is -0.251. The van der Waals surface area contributed by atoms with Crippen molar-refractivity contribution in [2.45, 2.75) is 38.5 Å². The minimum absolute atomic E-state index is 0.0977. The first-order valence-corrected chi connectivity index (χ1v) is 5.87. The third kappa shape index (κ3) is 4.87. The third-order valence-electron chi connectivity index (χ3n) is 1.97. The van der Waals surface area contributed by atoms with Crippen molar-refractivity contribution in [3.8, 4) is 0 Å². The lowest BCUT2D eigenvalue weighted by Gasteiger charge is -2.33. The van der Waals surface area contributed by atoms with Crippen molar-refractivity contribution in [1.29, 1.82) is 0 Å². The highest BCUT2D eigenvalue weighted by Gasteiger charge is 2.21. The second-order valence-corrected chi connectivity index (χ2v) is 7.37. The van der Waals surface area contributed by atoms with Gasteiger partial charge < -0.3 is 4.98 Å². The summed E-state index contributed by atoms with van der Waals surface area (Å²) in [4.78, 5) is 3.55. The van der Waals surface area contributed by atoms with Gasteiger partial charge in [-0.1, -0.05) is 20.8 Å². The Morgan fingerprint density at radius 2 is 1.33 bits per heavy atom. The van der Waals surface area contributed by atoms with Gasteiger partial charge in [0.05, 0.1) is 0 Å². The molecule has 3 nitrogen and oxygen atoms in total.